The van der Waals surface area contributed by atoms with Gasteiger partial charge in [-0.05, 0) is 43.7 Å². The Morgan fingerprint density at radius 2 is 1.58 bits per heavy atom. The molecule has 166 valence electrons. The zero-order chi connectivity index (χ0) is 23.4. The summed E-state index contributed by atoms with van der Waals surface area (Å²) in [6.07, 6.45) is 0. The quantitative estimate of drug-likeness (QED) is 0.445. The van der Waals surface area contributed by atoms with Crippen LogP contribution in [0.4, 0.5) is 0 Å². The highest BCUT2D eigenvalue weighted by Crippen LogP contribution is 2.25. The van der Waals surface area contributed by atoms with Gasteiger partial charge in [-0.1, -0.05) is 60.7 Å². The Kier molecular flexibility index (Phi) is 6.50. The van der Waals surface area contributed by atoms with Crippen molar-refractivity contribution in [1.82, 2.24) is 15.2 Å². The van der Waals surface area contributed by atoms with E-state index >= 15 is 0 Å². The van der Waals surface area contributed by atoms with Crippen LogP contribution in [0.1, 0.15) is 40.1 Å². The maximum atomic E-state index is 13.2. The third kappa shape index (κ3) is 4.93. The molecule has 4 rings (SSSR count). The molecule has 0 aliphatic carbocycles. The number of amides is 2. The summed E-state index contributed by atoms with van der Waals surface area (Å²) in [5, 5.41) is 3.83. The van der Waals surface area contributed by atoms with E-state index in [0.717, 1.165) is 27.7 Å². The number of hydrogen-bond donors (Lipinski definition) is 1. The van der Waals surface area contributed by atoms with Gasteiger partial charge in [-0.15, -0.1) is 0 Å². The second kappa shape index (κ2) is 9.65. The molecule has 1 N–H and O–H groups in total. The number of benzene rings is 3. The molecule has 0 bridgehead atoms. The zero-order valence-corrected chi connectivity index (χ0v) is 19.1. The molecular formula is C28H27N3O2. The molecule has 0 spiro atoms. The molecule has 33 heavy (non-hydrogen) atoms. The molecule has 0 fully saturated rings. The van der Waals surface area contributed by atoms with Crippen molar-refractivity contribution in [2.45, 2.75) is 26.4 Å². The second-order valence-corrected chi connectivity index (χ2v) is 8.33. The standard InChI is InChI=1S/C28H27N3O2/c1-19(2)31(3)28(33)22-15-13-20(14-16-22)18-29-27(32)24-17-26(21-9-5-4-6-10-21)30-25-12-8-7-11-23(24)25/h4-17,19H,18H2,1-3H3,(H,29,32). The molecule has 0 saturated heterocycles. The summed E-state index contributed by atoms with van der Waals surface area (Å²) in [6, 6.07) is 26.8. The van der Waals surface area contributed by atoms with Gasteiger partial charge < -0.3 is 10.2 Å². The molecule has 0 atom stereocenters. The first-order valence-electron chi connectivity index (χ1n) is 11.0. The van der Waals surface area contributed by atoms with Crippen LogP contribution >= 0.6 is 0 Å². The van der Waals surface area contributed by atoms with Crippen molar-refractivity contribution in [2.24, 2.45) is 0 Å². The van der Waals surface area contributed by atoms with E-state index in [9.17, 15) is 9.59 Å². The van der Waals surface area contributed by atoms with E-state index in [4.69, 9.17) is 4.98 Å². The minimum Gasteiger partial charge on any atom is -0.348 e. The van der Waals surface area contributed by atoms with Crippen LogP contribution in [0.2, 0.25) is 0 Å². The number of para-hydroxylation sites is 1. The lowest BCUT2D eigenvalue weighted by molar-refractivity contribution is 0.0754. The molecule has 0 aliphatic heterocycles. The Labute approximate surface area is 194 Å². The van der Waals surface area contributed by atoms with Gasteiger partial charge in [0.1, 0.15) is 0 Å². The fourth-order valence-corrected chi connectivity index (χ4v) is 3.60. The highest BCUT2D eigenvalue weighted by Gasteiger charge is 2.15. The third-order valence-electron chi connectivity index (χ3n) is 5.78. The van der Waals surface area contributed by atoms with Gasteiger partial charge >= 0.3 is 0 Å². The topological polar surface area (TPSA) is 62.3 Å². The van der Waals surface area contributed by atoms with Gasteiger partial charge in [-0.2, -0.15) is 0 Å². The van der Waals surface area contributed by atoms with Crippen molar-refractivity contribution < 1.29 is 9.59 Å². The molecule has 5 nitrogen and oxygen atoms in total. The maximum absolute atomic E-state index is 13.2. The molecule has 3 aromatic carbocycles. The van der Waals surface area contributed by atoms with E-state index in [1.807, 2.05) is 86.6 Å². The zero-order valence-electron chi connectivity index (χ0n) is 19.1. The van der Waals surface area contributed by atoms with E-state index in [-0.39, 0.29) is 17.9 Å². The van der Waals surface area contributed by atoms with Crippen LogP contribution < -0.4 is 5.32 Å². The molecule has 5 heteroatoms. The first kappa shape index (κ1) is 22.2. The molecule has 0 aliphatic rings. The summed E-state index contributed by atoms with van der Waals surface area (Å²) in [5.74, 6) is -0.178. The lowest BCUT2D eigenvalue weighted by atomic mass is 10.0. The van der Waals surface area contributed by atoms with Crippen molar-refractivity contribution in [3.8, 4) is 11.3 Å². The average Bonchev–Trinajstić information content (AvgIpc) is 2.86. The highest BCUT2D eigenvalue weighted by molar-refractivity contribution is 6.07. The van der Waals surface area contributed by atoms with Gasteiger partial charge in [-0.25, -0.2) is 4.98 Å². The second-order valence-electron chi connectivity index (χ2n) is 8.33. The molecule has 0 unspecified atom stereocenters. The summed E-state index contributed by atoms with van der Waals surface area (Å²) in [7, 11) is 1.80. The maximum Gasteiger partial charge on any atom is 0.253 e. The first-order valence-corrected chi connectivity index (χ1v) is 11.0. The summed E-state index contributed by atoms with van der Waals surface area (Å²) in [5.41, 5.74) is 4.65. The van der Waals surface area contributed by atoms with Crippen LogP contribution in [0.15, 0.2) is 84.9 Å². The van der Waals surface area contributed by atoms with Crippen molar-refractivity contribution in [1.29, 1.82) is 0 Å². The van der Waals surface area contributed by atoms with E-state index in [1.165, 1.54) is 0 Å². The van der Waals surface area contributed by atoms with Gasteiger partial charge in [0.15, 0.2) is 0 Å². The number of fused-ring (bicyclic) bond motifs is 1. The van der Waals surface area contributed by atoms with Crippen LogP contribution in [-0.4, -0.2) is 34.8 Å². The Balaban J connectivity index is 1.54. The Bertz CT molecular complexity index is 1280. The molecule has 0 saturated carbocycles. The van der Waals surface area contributed by atoms with Crippen LogP contribution in [0.25, 0.3) is 22.2 Å². The van der Waals surface area contributed by atoms with Crippen LogP contribution in [0.3, 0.4) is 0 Å². The number of hydrogen-bond acceptors (Lipinski definition) is 3. The number of nitrogens with one attached hydrogen (secondary N) is 1. The average molecular weight is 438 g/mol. The van der Waals surface area contributed by atoms with Gasteiger partial charge in [0, 0.05) is 36.1 Å². The first-order chi connectivity index (χ1) is 15.9. The number of pyridine rings is 1. The van der Waals surface area contributed by atoms with Crippen molar-refractivity contribution in [3.63, 3.8) is 0 Å². The van der Waals surface area contributed by atoms with Crippen molar-refractivity contribution in [2.75, 3.05) is 7.05 Å². The summed E-state index contributed by atoms with van der Waals surface area (Å²) < 4.78 is 0. The molecule has 1 aromatic heterocycles. The summed E-state index contributed by atoms with van der Waals surface area (Å²) >= 11 is 0. The van der Waals surface area contributed by atoms with E-state index < -0.39 is 0 Å². The van der Waals surface area contributed by atoms with Crippen LogP contribution in [-0.2, 0) is 6.54 Å². The van der Waals surface area contributed by atoms with Crippen LogP contribution in [0.5, 0.6) is 0 Å². The van der Waals surface area contributed by atoms with Crippen molar-refractivity contribution in [3.05, 3.63) is 102 Å². The smallest absolute Gasteiger partial charge is 0.253 e. The SMILES string of the molecule is CC(C)N(C)C(=O)c1ccc(CNC(=O)c2cc(-c3ccccc3)nc3ccccc23)cc1. The van der Waals surface area contributed by atoms with Gasteiger partial charge in [0.05, 0.1) is 16.8 Å². The Morgan fingerprint density at radius 3 is 2.27 bits per heavy atom. The van der Waals surface area contributed by atoms with Gasteiger partial charge in [-0.3, -0.25) is 9.59 Å². The monoisotopic (exact) mass is 437 g/mol. The molecule has 1 heterocycles. The normalized spacial score (nSPS) is 10.9. The van der Waals surface area contributed by atoms with E-state index in [0.29, 0.717) is 17.7 Å². The third-order valence-corrected chi connectivity index (χ3v) is 5.78. The Hall–Kier alpha value is -3.99. The minimum atomic E-state index is -0.162. The minimum absolute atomic E-state index is 0.0164. The molecule has 0 radical (unpaired) electrons. The van der Waals surface area contributed by atoms with Crippen LogP contribution in [0, 0.1) is 0 Å². The predicted octanol–water partition coefficient (Wildman–Crippen LogP) is 5.31. The van der Waals surface area contributed by atoms with Gasteiger partial charge in [0.25, 0.3) is 11.8 Å². The number of carbonyl (C=O) groups excluding carboxylic acids is 2. The number of rotatable bonds is 6. The molecule has 2 amide bonds. The fraction of sp³-hybridized carbons (Fsp3) is 0.179. The highest BCUT2D eigenvalue weighted by atomic mass is 16.2. The molecular weight excluding hydrogens is 410 g/mol. The fourth-order valence-electron chi connectivity index (χ4n) is 3.60. The van der Waals surface area contributed by atoms with Gasteiger partial charge in [0.2, 0.25) is 0 Å². The number of carbonyl (C=O) groups is 2. The number of aromatic nitrogens is 1. The van der Waals surface area contributed by atoms with Crippen molar-refractivity contribution >= 4 is 22.7 Å². The largest absolute Gasteiger partial charge is 0.348 e. The Morgan fingerprint density at radius 1 is 0.909 bits per heavy atom. The van der Waals surface area contributed by atoms with E-state index in [2.05, 4.69) is 5.32 Å². The predicted molar refractivity (Wildman–Crippen MR) is 132 cm³/mol. The molecule has 4 aromatic rings. The lowest BCUT2D eigenvalue weighted by Gasteiger charge is -2.21. The van der Waals surface area contributed by atoms with E-state index in [1.54, 1.807) is 24.1 Å². The lowest BCUT2D eigenvalue weighted by Crippen LogP contribution is -2.32. The number of nitrogens with zero attached hydrogens (tertiary/aromatic N) is 2. The summed E-state index contributed by atoms with van der Waals surface area (Å²) in [6.45, 7) is 4.33. The summed E-state index contributed by atoms with van der Waals surface area (Å²) in [4.78, 5) is 32.1.